The standard InChI is InChI=1S/C22H47N3O2.ClH/c1-3-5-7-9-11-13-15-23-17-19-25(21-22(26)27)20-18-24-16-14-12-10-8-6-4-2;/h23-24H,3-21H2,1-2H3,(H,26,27);1H. The monoisotopic (exact) mass is 421 g/mol. The first-order valence-electron chi connectivity index (χ1n) is 11.6. The third kappa shape index (κ3) is 23.7. The molecule has 170 valence electrons. The quantitative estimate of drug-likeness (QED) is 0.221. The fourth-order valence-electron chi connectivity index (χ4n) is 3.25. The molecule has 0 atom stereocenters. The molecular weight excluding hydrogens is 374 g/mol. The van der Waals surface area contributed by atoms with Crippen molar-refractivity contribution in [1.29, 1.82) is 0 Å². The molecule has 28 heavy (non-hydrogen) atoms. The highest BCUT2D eigenvalue weighted by Gasteiger charge is 2.08. The second kappa shape index (κ2) is 24.7. The van der Waals surface area contributed by atoms with Crippen molar-refractivity contribution in [2.45, 2.75) is 90.9 Å². The van der Waals surface area contributed by atoms with Crippen LogP contribution in [-0.4, -0.2) is 61.8 Å². The molecule has 0 aromatic carbocycles. The highest BCUT2D eigenvalue weighted by molar-refractivity contribution is 5.85. The van der Waals surface area contributed by atoms with E-state index < -0.39 is 5.97 Å². The zero-order chi connectivity index (χ0) is 20.0. The summed E-state index contributed by atoms with van der Waals surface area (Å²) in [6.45, 7) is 10.1. The minimum absolute atomic E-state index is 0. The van der Waals surface area contributed by atoms with Gasteiger partial charge in [0.05, 0.1) is 6.54 Å². The number of hydrogen-bond acceptors (Lipinski definition) is 4. The summed E-state index contributed by atoms with van der Waals surface area (Å²) in [6.07, 6.45) is 15.7. The maximum atomic E-state index is 11.0. The summed E-state index contributed by atoms with van der Waals surface area (Å²) < 4.78 is 0. The van der Waals surface area contributed by atoms with E-state index in [0.29, 0.717) is 0 Å². The van der Waals surface area contributed by atoms with E-state index in [2.05, 4.69) is 24.5 Å². The van der Waals surface area contributed by atoms with Crippen LogP contribution >= 0.6 is 12.4 Å². The molecule has 0 saturated heterocycles. The predicted molar refractivity (Wildman–Crippen MR) is 124 cm³/mol. The molecule has 6 heteroatoms. The Morgan fingerprint density at radius 2 is 1.07 bits per heavy atom. The second-order valence-electron chi connectivity index (χ2n) is 7.71. The Morgan fingerprint density at radius 1 is 0.679 bits per heavy atom. The number of carboxylic acids is 1. The lowest BCUT2D eigenvalue weighted by molar-refractivity contribution is -0.138. The smallest absolute Gasteiger partial charge is 0.317 e. The van der Waals surface area contributed by atoms with E-state index in [1.165, 1.54) is 77.0 Å². The van der Waals surface area contributed by atoms with Gasteiger partial charge in [0.2, 0.25) is 0 Å². The zero-order valence-electron chi connectivity index (χ0n) is 18.6. The molecule has 0 aliphatic carbocycles. The van der Waals surface area contributed by atoms with Crippen LogP contribution in [0.15, 0.2) is 0 Å². The first-order valence-corrected chi connectivity index (χ1v) is 11.6. The van der Waals surface area contributed by atoms with E-state index in [4.69, 9.17) is 5.11 Å². The topological polar surface area (TPSA) is 64.6 Å². The number of unbranched alkanes of at least 4 members (excludes halogenated alkanes) is 10. The molecule has 0 aromatic heterocycles. The maximum absolute atomic E-state index is 11.0. The van der Waals surface area contributed by atoms with E-state index in [9.17, 15) is 4.79 Å². The Kier molecular flexibility index (Phi) is 26.3. The number of nitrogens with zero attached hydrogens (tertiary/aromatic N) is 1. The van der Waals surface area contributed by atoms with Crippen LogP contribution in [-0.2, 0) is 4.79 Å². The fourth-order valence-corrected chi connectivity index (χ4v) is 3.25. The van der Waals surface area contributed by atoms with Crippen LogP contribution in [0.25, 0.3) is 0 Å². The van der Waals surface area contributed by atoms with Crippen LogP contribution in [0.4, 0.5) is 0 Å². The molecule has 0 rings (SSSR count). The lowest BCUT2D eigenvalue weighted by Crippen LogP contribution is -2.40. The van der Waals surface area contributed by atoms with Crippen molar-refractivity contribution in [1.82, 2.24) is 15.5 Å². The van der Waals surface area contributed by atoms with E-state index in [1.54, 1.807) is 0 Å². The number of nitrogens with one attached hydrogen (secondary N) is 2. The first kappa shape index (κ1) is 29.8. The van der Waals surface area contributed by atoms with Gasteiger partial charge >= 0.3 is 5.97 Å². The Morgan fingerprint density at radius 3 is 1.46 bits per heavy atom. The van der Waals surface area contributed by atoms with Gasteiger partial charge in [0.15, 0.2) is 0 Å². The average molecular weight is 422 g/mol. The average Bonchev–Trinajstić information content (AvgIpc) is 2.64. The summed E-state index contributed by atoms with van der Waals surface area (Å²) in [7, 11) is 0. The summed E-state index contributed by atoms with van der Waals surface area (Å²) in [6, 6.07) is 0. The van der Waals surface area contributed by atoms with Gasteiger partial charge in [-0.25, -0.2) is 0 Å². The molecule has 5 nitrogen and oxygen atoms in total. The van der Waals surface area contributed by atoms with Crippen molar-refractivity contribution in [3.05, 3.63) is 0 Å². The van der Waals surface area contributed by atoms with Crippen LogP contribution in [0.3, 0.4) is 0 Å². The first-order chi connectivity index (χ1) is 13.2. The van der Waals surface area contributed by atoms with Gasteiger partial charge in [-0.2, -0.15) is 0 Å². The van der Waals surface area contributed by atoms with E-state index >= 15 is 0 Å². The molecule has 0 spiro atoms. The Balaban J connectivity index is 0. The van der Waals surface area contributed by atoms with Gasteiger partial charge in [-0.3, -0.25) is 9.69 Å². The summed E-state index contributed by atoms with van der Waals surface area (Å²) in [5.74, 6) is -0.734. The predicted octanol–water partition coefficient (Wildman–Crippen LogP) is 4.70. The number of aliphatic carboxylic acids is 1. The Labute approximate surface area is 180 Å². The summed E-state index contributed by atoms with van der Waals surface area (Å²) in [5, 5.41) is 16.0. The summed E-state index contributed by atoms with van der Waals surface area (Å²) in [4.78, 5) is 13.1. The molecule has 0 aromatic rings. The van der Waals surface area contributed by atoms with Crippen LogP contribution in [0.5, 0.6) is 0 Å². The SMILES string of the molecule is CCCCCCCCNCCN(CCNCCCCCCCC)CC(=O)O.Cl. The molecular formula is C22H48ClN3O2. The minimum Gasteiger partial charge on any atom is -0.480 e. The second-order valence-corrected chi connectivity index (χ2v) is 7.71. The van der Waals surface area contributed by atoms with Crippen LogP contribution in [0.2, 0.25) is 0 Å². The molecule has 0 amide bonds. The molecule has 0 heterocycles. The Hall–Kier alpha value is -0.360. The third-order valence-corrected chi connectivity index (χ3v) is 4.98. The number of carbonyl (C=O) groups is 1. The van der Waals surface area contributed by atoms with Crippen molar-refractivity contribution in [2.75, 3.05) is 45.8 Å². The van der Waals surface area contributed by atoms with E-state index in [0.717, 1.165) is 39.3 Å². The number of rotatable bonds is 22. The lowest BCUT2D eigenvalue weighted by atomic mass is 10.1. The van der Waals surface area contributed by atoms with Gasteiger partial charge in [0.1, 0.15) is 0 Å². The fraction of sp³-hybridized carbons (Fsp3) is 0.955. The van der Waals surface area contributed by atoms with Gasteiger partial charge in [-0.05, 0) is 25.9 Å². The third-order valence-electron chi connectivity index (χ3n) is 4.98. The van der Waals surface area contributed by atoms with Crippen molar-refractivity contribution < 1.29 is 9.90 Å². The van der Waals surface area contributed by atoms with Gasteiger partial charge in [0.25, 0.3) is 0 Å². The maximum Gasteiger partial charge on any atom is 0.317 e. The van der Waals surface area contributed by atoms with Crippen molar-refractivity contribution >= 4 is 18.4 Å². The van der Waals surface area contributed by atoms with E-state index in [-0.39, 0.29) is 19.0 Å². The molecule has 0 aliphatic heterocycles. The number of hydrogen-bond donors (Lipinski definition) is 3. The van der Waals surface area contributed by atoms with E-state index in [1.807, 2.05) is 4.90 Å². The molecule has 0 saturated carbocycles. The molecule has 0 fully saturated rings. The van der Waals surface area contributed by atoms with Gasteiger partial charge < -0.3 is 15.7 Å². The van der Waals surface area contributed by atoms with Gasteiger partial charge in [0, 0.05) is 26.2 Å². The largest absolute Gasteiger partial charge is 0.480 e. The molecule has 0 radical (unpaired) electrons. The van der Waals surface area contributed by atoms with Gasteiger partial charge in [-0.1, -0.05) is 78.1 Å². The molecule has 0 aliphatic rings. The van der Waals surface area contributed by atoms with Crippen LogP contribution in [0.1, 0.15) is 90.9 Å². The normalized spacial score (nSPS) is 11.0. The lowest BCUT2D eigenvalue weighted by Gasteiger charge is -2.20. The molecule has 3 N–H and O–H groups in total. The van der Waals surface area contributed by atoms with Crippen LogP contribution < -0.4 is 10.6 Å². The minimum atomic E-state index is -0.734. The Bertz CT molecular complexity index is 298. The van der Waals surface area contributed by atoms with Gasteiger partial charge in [-0.15, -0.1) is 12.4 Å². The number of carboxylic acid groups (broad SMARTS) is 1. The van der Waals surface area contributed by atoms with Crippen molar-refractivity contribution in [2.24, 2.45) is 0 Å². The summed E-state index contributed by atoms with van der Waals surface area (Å²) >= 11 is 0. The highest BCUT2D eigenvalue weighted by Crippen LogP contribution is 2.04. The van der Waals surface area contributed by atoms with Crippen molar-refractivity contribution in [3.63, 3.8) is 0 Å². The summed E-state index contributed by atoms with van der Waals surface area (Å²) in [5.41, 5.74) is 0. The highest BCUT2D eigenvalue weighted by atomic mass is 35.5. The number of halogens is 1. The van der Waals surface area contributed by atoms with Crippen LogP contribution in [0, 0.1) is 0 Å². The molecule has 0 unspecified atom stereocenters. The zero-order valence-corrected chi connectivity index (χ0v) is 19.5. The molecule has 0 bridgehead atoms. The van der Waals surface area contributed by atoms with Crippen molar-refractivity contribution in [3.8, 4) is 0 Å².